The molecule has 7 heteroatoms. The van der Waals surface area contributed by atoms with Gasteiger partial charge in [-0.2, -0.15) is 0 Å². The van der Waals surface area contributed by atoms with Crippen LogP contribution < -0.4 is 32.5 Å². The van der Waals surface area contributed by atoms with E-state index in [1.165, 1.54) is 0 Å². The molecule has 0 radical (unpaired) electrons. The Kier molecular flexibility index (Phi) is 11.8. The highest BCUT2D eigenvalue weighted by Gasteiger charge is 2.22. The van der Waals surface area contributed by atoms with E-state index < -0.39 is 0 Å². The molecule has 0 aliphatic rings. The lowest BCUT2D eigenvalue weighted by Crippen LogP contribution is -2.46. The minimum absolute atomic E-state index is 0.0880. The van der Waals surface area contributed by atoms with Crippen molar-refractivity contribution in [2.24, 2.45) is 0 Å². The van der Waals surface area contributed by atoms with Crippen molar-refractivity contribution in [2.75, 3.05) is 40.4 Å². The molecule has 2 N–H and O–H groups in total. The van der Waals surface area contributed by atoms with Gasteiger partial charge in [0.05, 0.1) is 13.2 Å². The van der Waals surface area contributed by atoms with Gasteiger partial charge in [-0.15, -0.1) is 0 Å². The van der Waals surface area contributed by atoms with Crippen molar-refractivity contribution < 1.29 is 14.0 Å². The van der Waals surface area contributed by atoms with Gasteiger partial charge in [-0.3, -0.25) is 0 Å². The molecule has 0 bridgehead atoms. The Bertz CT molecular complexity index is 1110. The van der Waals surface area contributed by atoms with Crippen molar-refractivity contribution in [1.82, 2.24) is 10.6 Å². The zero-order chi connectivity index (χ0) is 27.1. The largest absolute Gasteiger partial charge is 0.426 e. The zero-order valence-corrected chi connectivity index (χ0v) is 23.0. The first-order valence-corrected chi connectivity index (χ1v) is 13.7. The third kappa shape index (κ3) is 8.92. The van der Waals surface area contributed by atoms with Crippen LogP contribution in [0, 0.1) is 0 Å². The van der Waals surface area contributed by atoms with Gasteiger partial charge >= 0.3 is 13.8 Å². The van der Waals surface area contributed by atoms with Crippen molar-refractivity contribution >= 4 is 35.7 Å². The molecule has 0 amide bonds. The van der Waals surface area contributed by atoms with Crippen molar-refractivity contribution in [3.63, 3.8) is 0 Å². The maximum absolute atomic E-state index is 6.21. The fourth-order valence-corrected chi connectivity index (χ4v) is 4.45. The van der Waals surface area contributed by atoms with E-state index in [1.54, 1.807) is 0 Å². The lowest BCUT2D eigenvalue weighted by atomic mass is 9.55. The lowest BCUT2D eigenvalue weighted by molar-refractivity contribution is 0.107. The number of ether oxygens (including phenoxy) is 1. The van der Waals surface area contributed by atoms with Crippen LogP contribution in [0.3, 0.4) is 0 Å². The molecule has 4 aromatic carbocycles. The Morgan fingerprint density at radius 2 is 0.846 bits per heavy atom. The number of hydrogen-bond donors (Lipinski definition) is 2. The second-order valence-corrected chi connectivity index (χ2v) is 9.51. The minimum Gasteiger partial charge on any atom is -0.426 e. The molecule has 39 heavy (non-hydrogen) atoms. The Morgan fingerprint density at radius 3 is 1.21 bits per heavy atom. The number of benzene rings is 4. The van der Waals surface area contributed by atoms with Crippen LogP contribution in [0.25, 0.3) is 0 Å². The van der Waals surface area contributed by atoms with E-state index in [9.17, 15) is 0 Å². The Morgan fingerprint density at radius 1 is 0.487 bits per heavy atom. The SMILES string of the molecule is CNCCOB(c1ccccc1)c1ccc(COCc2ccc(B(OCCNC)c3ccccc3)cc2)cc1. The van der Waals surface area contributed by atoms with Crippen LogP contribution in [0.5, 0.6) is 0 Å². The third-order valence-electron chi connectivity index (χ3n) is 6.58. The molecule has 4 rings (SSSR count). The average molecular weight is 520 g/mol. The Hall–Kier alpha value is -3.19. The van der Waals surface area contributed by atoms with E-state index in [0.29, 0.717) is 26.4 Å². The molecular weight excluding hydrogens is 482 g/mol. The predicted octanol–water partition coefficient (Wildman–Crippen LogP) is 2.09. The molecule has 0 atom stereocenters. The molecule has 0 fully saturated rings. The summed E-state index contributed by atoms with van der Waals surface area (Å²) in [7, 11) is 3.87. The van der Waals surface area contributed by atoms with E-state index in [2.05, 4.69) is 108 Å². The summed E-state index contributed by atoms with van der Waals surface area (Å²) >= 11 is 0. The van der Waals surface area contributed by atoms with Crippen molar-refractivity contribution in [2.45, 2.75) is 13.2 Å². The monoisotopic (exact) mass is 520 g/mol. The number of rotatable bonds is 16. The molecule has 0 heterocycles. The fraction of sp³-hybridized carbons (Fsp3) is 0.250. The molecule has 0 saturated heterocycles. The number of hydrogen-bond acceptors (Lipinski definition) is 5. The summed E-state index contributed by atoms with van der Waals surface area (Å²) in [6, 6.07) is 37.8. The Labute approximate surface area is 234 Å². The highest BCUT2D eigenvalue weighted by atomic mass is 16.5. The van der Waals surface area contributed by atoms with E-state index in [1.807, 2.05) is 26.2 Å². The van der Waals surface area contributed by atoms with Crippen LogP contribution >= 0.6 is 0 Å². The zero-order valence-electron chi connectivity index (χ0n) is 23.0. The van der Waals surface area contributed by atoms with Gasteiger partial charge in [0.25, 0.3) is 0 Å². The van der Waals surface area contributed by atoms with Crippen LogP contribution in [0.4, 0.5) is 0 Å². The summed E-state index contributed by atoms with van der Waals surface area (Å²) in [6.07, 6.45) is 0. The van der Waals surface area contributed by atoms with Gasteiger partial charge in [0.1, 0.15) is 0 Å². The first-order valence-electron chi connectivity index (χ1n) is 13.7. The van der Waals surface area contributed by atoms with Crippen LogP contribution in [0.2, 0.25) is 0 Å². The van der Waals surface area contributed by atoms with Gasteiger partial charge in [-0.25, -0.2) is 0 Å². The maximum atomic E-state index is 6.21. The molecule has 0 aromatic heterocycles. The van der Waals surface area contributed by atoms with Gasteiger partial charge in [0.2, 0.25) is 0 Å². The first kappa shape index (κ1) is 28.8. The summed E-state index contributed by atoms with van der Waals surface area (Å²) in [6.45, 7) is 3.85. The molecule has 0 saturated carbocycles. The van der Waals surface area contributed by atoms with E-state index in [-0.39, 0.29) is 13.8 Å². The predicted molar refractivity (Wildman–Crippen MR) is 164 cm³/mol. The molecule has 0 aliphatic carbocycles. The van der Waals surface area contributed by atoms with E-state index in [4.69, 9.17) is 14.0 Å². The summed E-state index contributed by atoms with van der Waals surface area (Å²) in [4.78, 5) is 0. The van der Waals surface area contributed by atoms with Crippen molar-refractivity contribution in [3.8, 4) is 0 Å². The summed E-state index contributed by atoms with van der Waals surface area (Å²) < 4.78 is 18.5. The van der Waals surface area contributed by atoms with Crippen LogP contribution in [0.1, 0.15) is 11.1 Å². The fourth-order valence-electron chi connectivity index (χ4n) is 4.45. The molecule has 0 spiro atoms. The van der Waals surface area contributed by atoms with Gasteiger partial charge in [0, 0.05) is 26.3 Å². The molecular formula is C32H38B2N2O3. The van der Waals surface area contributed by atoms with Crippen molar-refractivity contribution in [3.05, 3.63) is 120 Å². The van der Waals surface area contributed by atoms with Gasteiger partial charge in [0.15, 0.2) is 0 Å². The smallest absolute Gasteiger partial charge is 0.361 e. The van der Waals surface area contributed by atoms with Gasteiger partial charge < -0.3 is 24.7 Å². The highest BCUT2D eigenvalue weighted by molar-refractivity contribution is 6.80. The first-order chi connectivity index (χ1) is 19.3. The number of likely N-dealkylation sites (N-methyl/N-ethyl adjacent to an activating group) is 2. The summed E-state index contributed by atoms with van der Waals surface area (Å²) in [5.41, 5.74) is 6.87. The van der Waals surface area contributed by atoms with E-state index in [0.717, 1.165) is 46.1 Å². The molecule has 200 valence electrons. The second-order valence-electron chi connectivity index (χ2n) is 9.51. The molecule has 4 aromatic rings. The topological polar surface area (TPSA) is 51.8 Å². The van der Waals surface area contributed by atoms with E-state index >= 15 is 0 Å². The summed E-state index contributed by atoms with van der Waals surface area (Å²) in [5.74, 6) is 0. The standard InChI is InChI=1S/C32H38B2N2O3/c1-35-21-23-38-33(29-9-5-3-6-10-29)31-17-13-27(14-18-31)25-37-26-28-15-19-32(20-16-28)34(39-24-22-36-2)30-11-7-4-8-12-30/h3-20,35-36H,21-26H2,1-2H3. The maximum Gasteiger partial charge on any atom is 0.361 e. The molecule has 5 nitrogen and oxygen atoms in total. The minimum atomic E-state index is -0.0880. The van der Waals surface area contributed by atoms with Crippen LogP contribution in [-0.4, -0.2) is 54.2 Å². The highest BCUT2D eigenvalue weighted by Crippen LogP contribution is 2.07. The average Bonchev–Trinajstić information content (AvgIpc) is 3.00. The van der Waals surface area contributed by atoms with Crippen molar-refractivity contribution in [1.29, 1.82) is 0 Å². The molecule has 0 aliphatic heterocycles. The summed E-state index contributed by atoms with van der Waals surface area (Å²) in [5, 5.41) is 6.30. The third-order valence-corrected chi connectivity index (χ3v) is 6.58. The molecule has 0 unspecified atom stereocenters. The van der Waals surface area contributed by atoms with Gasteiger partial charge in [-0.1, -0.05) is 109 Å². The quantitative estimate of drug-likeness (QED) is 0.175. The van der Waals surface area contributed by atoms with Crippen LogP contribution in [0.15, 0.2) is 109 Å². The second kappa shape index (κ2) is 16.0. The Balaban J connectivity index is 1.33. The normalized spacial score (nSPS) is 10.9. The van der Waals surface area contributed by atoms with Gasteiger partial charge in [-0.05, 0) is 47.1 Å². The number of nitrogens with one attached hydrogen (secondary N) is 2. The lowest BCUT2D eigenvalue weighted by Gasteiger charge is -2.16. The van der Waals surface area contributed by atoms with Crippen LogP contribution in [-0.2, 0) is 27.3 Å².